The Labute approximate surface area is 109 Å². The summed E-state index contributed by atoms with van der Waals surface area (Å²) >= 11 is 0. The second-order valence-corrected chi connectivity index (χ2v) is 8.94. The minimum atomic E-state index is -4.64. The third-order valence-electron chi connectivity index (χ3n) is 2.52. The van der Waals surface area contributed by atoms with E-state index in [1.165, 1.54) is 34.9 Å². The summed E-state index contributed by atoms with van der Waals surface area (Å²) in [5, 5.41) is 0. The highest BCUT2D eigenvalue weighted by Crippen LogP contribution is 2.55. The zero-order valence-corrected chi connectivity index (χ0v) is 13.5. The Morgan fingerprint density at radius 2 is 1.39 bits per heavy atom. The first-order chi connectivity index (χ1) is 7.75. The van der Waals surface area contributed by atoms with Crippen LogP contribution in [0, 0.1) is 0 Å². The van der Waals surface area contributed by atoms with Gasteiger partial charge in [0.15, 0.2) is 0 Å². The van der Waals surface area contributed by atoms with Crippen molar-refractivity contribution >= 4 is 18.0 Å². The van der Waals surface area contributed by atoms with Gasteiger partial charge < -0.3 is 0 Å². The number of nitrogens with zero attached hydrogens (tertiary/aromatic N) is 3. The molecule has 0 saturated heterocycles. The molecule has 0 aliphatic heterocycles. The molecule has 18 heavy (non-hydrogen) atoms. The van der Waals surface area contributed by atoms with Crippen LogP contribution < -0.4 is 0 Å². The molecule has 0 saturated carbocycles. The maximum atomic E-state index is 12.9. The molecule has 0 spiro atoms. The Morgan fingerprint density at radius 3 is 1.61 bits per heavy atom. The Balaban J connectivity index is 5.48. The minimum absolute atomic E-state index is 1.27. The predicted molar refractivity (Wildman–Crippen MR) is 69.5 cm³/mol. The van der Waals surface area contributed by atoms with E-state index in [4.69, 9.17) is 4.55 Å². The summed E-state index contributed by atoms with van der Waals surface area (Å²) in [5.74, 6) is 0. The summed E-state index contributed by atoms with van der Waals surface area (Å²) in [6.07, 6.45) is 0. The van der Waals surface area contributed by atoms with Crippen LogP contribution in [-0.2, 0) is 19.1 Å². The molecular weight excluding hydrogens is 281 g/mol. The molecule has 0 unspecified atom stereocenters. The Kier molecular flexibility index (Phi) is 5.53. The molecule has 0 bridgehead atoms. The monoisotopic (exact) mass is 303 g/mol. The fraction of sp³-hybridized carbons (Fsp3) is 1.00. The largest absolute Gasteiger partial charge is 0.399 e. The summed E-state index contributed by atoms with van der Waals surface area (Å²) < 4.78 is 52.0. The predicted octanol–water partition coefficient (Wildman–Crippen LogP) is 0.705. The van der Waals surface area contributed by atoms with Gasteiger partial charge in [0.25, 0.3) is 7.59 Å². The molecule has 0 heterocycles. The lowest BCUT2D eigenvalue weighted by Gasteiger charge is -2.43. The standard InChI is InChI=1S/C8H22N3O5PS/c1-8(2,16-18(13,14)15)11(7)17(12,9(3)4)10(5)6/h1-7H3,(H,13,14,15). The van der Waals surface area contributed by atoms with Crippen LogP contribution in [0.2, 0.25) is 0 Å². The zero-order chi connectivity index (χ0) is 14.9. The summed E-state index contributed by atoms with van der Waals surface area (Å²) in [7, 11) is 0.111. The molecule has 110 valence electrons. The van der Waals surface area contributed by atoms with Crippen LogP contribution in [-0.4, -0.2) is 67.9 Å². The quantitative estimate of drug-likeness (QED) is 0.436. The molecule has 10 heteroatoms. The van der Waals surface area contributed by atoms with Gasteiger partial charge in [-0.2, -0.15) is 8.42 Å². The zero-order valence-electron chi connectivity index (χ0n) is 11.8. The van der Waals surface area contributed by atoms with E-state index in [1.54, 1.807) is 28.2 Å². The van der Waals surface area contributed by atoms with E-state index in [2.05, 4.69) is 4.18 Å². The molecule has 0 aromatic carbocycles. The second-order valence-electron chi connectivity index (χ2n) is 4.69. The van der Waals surface area contributed by atoms with E-state index in [0.717, 1.165) is 0 Å². The second kappa shape index (κ2) is 5.54. The van der Waals surface area contributed by atoms with Gasteiger partial charge in [0.2, 0.25) is 0 Å². The summed E-state index contributed by atoms with van der Waals surface area (Å²) in [6.45, 7) is 2.81. The fourth-order valence-electron chi connectivity index (χ4n) is 1.52. The molecular formula is C8H22N3O5PS. The lowest BCUT2D eigenvalue weighted by molar-refractivity contribution is 0.000373. The van der Waals surface area contributed by atoms with E-state index < -0.39 is 23.7 Å². The van der Waals surface area contributed by atoms with Crippen molar-refractivity contribution in [2.24, 2.45) is 0 Å². The van der Waals surface area contributed by atoms with E-state index in [9.17, 15) is 13.0 Å². The molecule has 0 aromatic heterocycles. The highest BCUT2D eigenvalue weighted by atomic mass is 32.3. The van der Waals surface area contributed by atoms with Gasteiger partial charge in [-0.1, -0.05) is 0 Å². The third kappa shape index (κ3) is 3.99. The first-order valence-electron chi connectivity index (χ1n) is 5.13. The van der Waals surface area contributed by atoms with Gasteiger partial charge >= 0.3 is 10.4 Å². The van der Waals surface area contributed by atoms with E-state index in [0.29, 0.717) is 0 Å². The van der Waals surface area contributed by atoms with Crippen molar-refractivity contribution in [3.63, 3.8) is 0 Å². The number of hydrogen-bond donors (Lipinski definition) is 1. The average Bonchev–Trinajstić information content (AvgIpc) is 2.10. The maximum absolute atomic E-state index is 12.9. The smallest absolute Gasteiger partial charge is 0.270 e. The molecule has 0 aliphatic carbocycles. The Hall–Kier alpha value is -0.0200. The van der Waals surface area contributed by atoms with Crippen LogP contribution in [0.25, 0.3) is 0 Å². The van der Waals surface area contributed by atoms with Gasteiger partial charge in [-0.3, -0.25) is 9.12 Å². The molecule has 0 rings (SSSR count). The Morgan fingerprint density at radius 1 is 1.06 bits per heavy atom. The van der Waals surface area contributed by atoms with Crippen LogP contribution in [0.1, 0.15) is 13.8 Å². The van der Waals surface area contributed by atoms with Gasteiger partial charge in [-0.05, 0) is 49.1 Å². The maximum Gasteiger partial charge on any atom is 0.399 e. The van der Waals surface area contributed by atoms with E-state index >= 15 is 0 Å². The molecule has 0 amide bonds. The molecule has 0 radical (unpaired) electrons. The topological polar surface area (TPSA) is 90.4 Å². The van der Waals surface area contributed by atoms with Crippen molar-refractivity contribution in [3.05, 3.63) is 0 Å². The number of rotatable bonds is 6. The molecule has 8 nitrogen and oxygen atoms in total. The van der Waals surface area contributed by atoms with Gasteiger partial charge in [0.1, 0.15) is 5.72 Å². The lowest BCUT2D eigenvalue weighted by Crippen LogP contribution is -2.47. The van der Waals surface area contributed by atoms with Crippen LogP contribution >= 0.6 is 7.59 Å². The first-order valence-corrected chi connectivity index (χ1v) is 8.06. The molecule has 1 N–H and O–H groups in total. The highest BCUT2D eigenvalue weighted by molar-refractivity contribution is 7.81. The van der Waals surface area contributed by atoms with Crippen LogP contribution in [0.4, 0.5) is 0 Å². The molecule has 0 fully saturated rings. The van der Waals surface area contributed by atoms with Crippen molar-refractivity contribution in [2.45, 2.75) is 19.6 Å². The summed E-state index contributed by atoms with van der Waals surface area (Å²) in [5.41, 5.74) is -1.46. The van der Waals surface area contributed by atoms with Crippen molar-refractivity contribution in [1.29, 1.82) is 0 Å². The van der Waals surface area contributed by atoms with Gasteiger partial charge in [0.05, 0.1) is 0 Å². The van der Waals surface area contributed by atoms with Crippen molar-refractivity contribution in [3.8, 4) is 0 Å². The SMILES string of the molecule is CN(C)P(=O)(N(C)C)N(C)C(C)(C)OS(=O)(=O)O. The highest BCUT2D eigenvalue weighted by Gasteiger charge is 2.44. The van der Waals surface area contributed by atoms with Crippen LogP contribution in [0.15, 0.2) is 0 Å². The minimum Gasteiger partial charge on any atom is -0.270 e. The molecule has 0 aliphatic rings. The number of hydrogen-bond acceptors (Lipinski definition) is 4. The summed E-state index contributed by atoms with van der Waals surface area (Å²) in [6, 6.07) is 0. The lowest BCUT2D eigenvalue weighted by atomic mass is 10.3. The van der Waals surface area contributed by atoms with E-state index in [-0.39, 0.29) is 0 Å². The Bertz CT molecular complexity index is 422. The van der Waals surface area contributed by atoms with E-state index in [1.807, 2.05) is 0 Å². The van der Waals surface area contributed by atoms with Gasteiger partial charge in [-0.15, -0.1) is 0 Å². The summed E-state index contributed by atoms with van der Waals surface area (Å²) in [4.78, 5) is 0. The average molecular weight is 303 g/mol. The first kappa shape index (κ1) is 18.0. The van der Waals surface area contributed by atoms with Crippen LogP contribution in [0.3, 0.4) is 0 Å². The van der Waals surface area contributed by atoms with Crippen molar-refractivity contribution in [2.75, 3.05) is 35.2 Å². The molecule has 0 aromatic rings. The fourth-order valence-corrected chi connectivity index (χ4v) is 4.66. The molecule has 0 atom stereocenters. The van der Waals surface area contributed by atoms with Gasteiger partial charge in [0, 0.05) is 0 Å². The van der Waals surface area contributed by atoms with Crippen molar-refractivity contribution in [1.82, 2.24) is 14.0 Å². The third-order valence-corrected chi connectivity index (χ3v) is 6.49. The van der Waals surface area contributed by atoms with Crippen molar-refractivity contribution < 1.29 is 21.7 Å². The normalized spacial score (nSPS) is 14.8. The van der Waals surface area contributed by atoms with Crippen LogP contribution in [0.5, 0.6) is 0 Å². The van der Waals surface area contributed by atoms with Gasteiger partial charge in [-0.25, -0.2) is 18.2 Å².